The normalized spacial score (nSPS) is 15.9. The van der Waals surface area contributed by atoms with Crippen molar-refractivity contribution in [1.29, 1.82) is 0 Å². The van der Waals surface area contributed by atoms with E-state index in [2.05, 4.69) is 17.5 Å². The Kier molecular flexibility index (Phi) is 3.76. The molecule has 0 aliphatic carbocycles. The predicted octanol–water partition coefficient (Wildman–Crippen LogP) is 1.46. The molecule has 0 aromatic carbocycles. The Morgan fingerprint density at radius 3 is 3.18 bits per heavy atom. The lowest BCUT2D eigenvalue weighted by molar-refractivity contribution is 0.151. The van der Waals surface area contributed by atoms with E-state index in [9.17, 15) is 0 Å². The maximum atomic E-state index is 5.24. The van der Waals surface area contributed by atoms with Gasteiger partial charge in [0.25, 0.3) is 0 Å². The fraction of sp³-hybridized carbons (Fsp3) is 0.556. The number of dihydropyridines is 1. The predicted molar refractivity (Wildman–Crippen MR) is 46.3 cm³/mol. The van der Waals surface area contributed by atoms with Gasteiger partial charge in [-0.2, -0.15) is 0 Å². The quantitative estimate of drug-likeness (QED) is 0.617. The number of rotatable bonds is 4. The molecule has 0 aromatic rings. The lowest BCUT2D eigenvalue weighted by Crippen LogP contribution is -2.09. The molecule has 62 valence electrons. The van der Waals surface area contributed by atoms with Gasteiger partial charge in [0.2, 0.25) is 0 Å². The first-order chi connectivity index (χ1) is 5.43. The number of hydrogen-bond acceptors (Lipinski definition) is 2. The van der Waals surface area contributed by atoms with Crippen molar-refractivity contribution in [2.24, 2.45) is 0 Å². The molecule has 1 heterocycles. The summed E-state index contributed by atoms with van der Waals surface area (Å²) in [5.41, 5.74) is 1.37. The summed E-state index contributed by atoms with van der Waals surface area (Å²) < 4.78 is 5.24. The van der Waals surface area contributed by atoms with E-state index >= 15 is 0 Å². The first-order valence-corrected chi connectivity index (χ1v) is 4.10. The second-order valence-corrected chi connectivity index (χ2v) is 2.47. The van der Waals surface area contributed by atoms with Gasteiger partial charge in [-0.15, -0.1) is 0 Å². The van der Waals surface area contributed by atoms with Gasteiger partial charge < -0.3 is 10.1 Å². The van der Waals surface area contributed by atoms with E-state index < -0.39 is 0 Å². The Morgan fingerprint density at radius 2 is 2.55 bits per heavy atom. The average Bonchev–Trinajstić information content (AvgIpc) is 2.07. The van der Waals surface area contributed by atoms with Gasteiger partial charge in [-0.25, -0.2) is 0 Å². The maximum Gasteiger partial charge on any atom is 0.0506 e. The van der Waals surface area contributed by atoms with E-state index in [4.69, 9.17) is 4.74 Å². The summed E-state index contributed by atoms with van der Waals surface area (Å²) in [5, 5.41) is 3.11. The SMILES string of the molecule is CCOCCC1=CCNC=C1. The molecular weight excluding hydrogens is 138 g/mol. The minimum absolute atomic E-state index is 0.815. The summed E-state index contributed by atoms with van der Waals surface area (Å²) in [4.78, 5) is 0. The third kappa shape index (κ3) is 3.23. The highest BCUT2D eigenvalue weighted by molar-refractivity contribution is 5.21. The van der Waals surface area contributed by atoms with Crippen LogP contribution in [0.1, 0.15) is 13.3 Å². The van der Waals surface area contributed by atoms with Crippen LogP contribution in [0.4, 0.5) is 0 Å². The molecular formula is C9H15NO. The van der Waals surface area contributed by atoms with Gasteiger partial charge in [-0.3, -0.25) is 0 Å². The van der Waals surface area contributed by atoms with Crippen LogP contribution in [0.15, 0.2) is 23.9 Å². The van der Waals surface area contributed by atoms with Crippen molar-refractivity contribution >= 4 is 0 Å². The van der Waals surface area contributed by atoms with Gasteiger partial charge in [0, 0.05) is 13.2 Å². The fourth-order valence-corrected chi connectivity index (χ4v) is 1.01. The van der Waals surface area contributed by atoms with Crippen molar-refractivity contribution in [2.75, 3.05) is 19.8 Å². The topological polar surface area (TPSA) is 21.3 Å². The third-order valence-corrected chi connectivity index (χ3v) is 1.64. The van der Waals surface area contributed by atoms with Gasteiger partial charge >= 0.3 is 0 Å². The van der Waals surface area contributed by atoms with Crippen LogP contribution in [-0.2, 0) is 4.74 Å². The zero-order valence-corrected chi connectivity index (χ0v) is 6.97. The van der Waals surface area contributed by atoms with E-state index in [0.717, 1.165) is 26.2 Å². The van der Waals surface area contributed by atoms with E-state index in [-0.39, 0.29) is 0 Å². The summed E-state index contributed by atoms with van der Waals surface area (Å²) in [6.07, 6.45) is 7.31. The van der Waals surface area contributed by atoms with E-state index in [1.54, 1.807) is 0 Å². The standard InChI is InChI=1S/C9H15NO/c1-2-11-8-5-9-3-6-10-7-4-9/h3-4,6,10H,2,5,7-8H2,1H3. The molecule has 0 saturated heterocycles. The first kappa shape index (κ1) is 8.34. The summed E-state index contributed by atoms with van der Waals surface area (Å²) in [6.45, 7) is 4.63. The Balaban J connectivity index is 2.15. The lowest BCUT2D eigenvalue weighted by Gasteiger charge is -2.07. The Bertz CT molecular complexity index is 161. The zero-order valence-electron chi connectivity index (χ0n) is 6.97. The van der Waals surface area contributed by atoms with E-state index in [1.807, 2.05) is 13.1 Å². The smallest absolute Gasteiger partial charge is 0.0506 e. The van der Waals surface area contributed by atoms with Crippen molar-refractivity contribution in [3.63, 3.8) is 0 Å². The number of allylic oxidation sites excluding steroid dienone is 1. The monoisotopic (exact) mass is 153 g/mol. The molecule has 0 spiro atoms. The van der Waals surface area contributed by atoms with E-state index in [0.29, 0.717) is 0 Å². The molecule has 1 N–H and O–H groups in total. The zero-order chi connectivity index (χ0) is 7.94. The molecule has 0 atom stereocenters. The second-order valence-electron chi connectivity index (χ2n) is 2.47. The summed E-state index contributed by atoms with van der Waals surface area (Å²) in [5.74, 6) is 0. The Hall–Kier alpha value is -0.760. The molecule has 0 amide bonds. The molecule has 2 heteroatoms. The number of hydrogen-bond donors (Lipinski definition) is 1. The van der Waals surface area contributed by atoms with Gasteiger partial charge in [-0.05, 0) is 31.2 Å². The summed E-state index contributed by atoms with van der Waals surface area (Å²) in [6, 6.07) is 0. The second kappa shape index (κ2) is 4.97. The van der Waals surface area contributed by atoms with Crippen molar-refractivity contribution in [1.82, 2.24) is 5.32 Å². The molecule has 0 fully saturated rings. The van der Waals surface area contributed by atoms with Crippen molar-refractivity contribution < 1.29 is 4.74 Å². The fourth-order valence-electron chi connectivity index (χ4n) is 1.01. The van der Waals surface area contributed by atoms with Crippen LogP contribution in [0.5, 0.6) is 0 Å². The van der Waals surface area contributed by atoms with Crippen LogP contribution < -0.4 is 5.32 Å². The van der Waals surface area contributed by atoms with Gasteiger partial charge in [-0.1, -0.05) is 6.08 Å². The van der Waals surface area contributed by atoms with E-state index in [1.165, 1.54) is 5.57 Å². The molecule has 0 aromatic heterocycles. The third-order valence-electron chi connectivity index (χ3n) is 1.64. The van der Waals surface area contributed by atoms with Gasteiger partial charge in [0.1, 0.15) is 0 Å². The molecule has 1 rings (SSSR count). The van der Waals surface area contributed by atoms with Gasteiger partial charge in [0.15, 0.2) is 0 Å². The summed E-state index contributed by atoms with van der Waals surface area (Å²) >= 11 is 0. The van der Waals surface area contributed by atoms with Crippen molar-refractivity contribution in [3.8, 4) is 0 Å². The maximum absolute atomic E-state index is 5.24. The number of ether oxygens (including phenoxy) is 1. The number of nitrogens with one attached hydrogen (secondary N) is 1. The molecule has 1 aliphatic rings. The minimum atomic E-state index is 0.815. The van der Waals surface area contributed by atoms with Crippen LogP contribution >= 0.6 is 0 Å². The lowest BCUT2D eigenvalue weighted by atomic mass is 10.1. The summed E-state index contributed by atoms with van der Waals surface area (Å²) in [7, 11) is 0. The highest BCUT2D eigenvalue weighted by Gasteiger charge is 1.95. The molecule has 0 saturated carbocycles. The Morgan fingerprint density at radius 1 is 1.64 bits per heavy atom. The molecule has 0 radical (unpaired) electrons. The molecule has 1 aliphatic heterocycles. The van der Waals surface area contributed by atoms with Gasteiger partial charge in [0.05, 0.1) is 6.61 Å². The van der Waals surface area contributed by atoms with Crippen LogP contribution in [0.3, 0.4) is 0 Å². The molecule has 11 heavy (non-hydrogen) atoms. The molecule has 0 bridgehead atoms. The largest absolute Gasteiger partial charge is 0.387 e. The van der Waals surface area contributed by atoms with Crippen LogP contribution in [0.2, 0.25) is 0 Å². The average molecular weight is 153 g/mol. The minimum Gasteiger partial charge on any atom is -0.387 e. The first-order valence-electron chi connectivity index (χ1n) is 4.10. The van der Waals surface area contributed by atoms with Crippen molar-refractivity contribution in [3.05, 3.63) is 23.9 Å². The molecule has 0 unspecified atom stereocenters. The Labute approximate surface area is 67.9 Å². The highest BCUT2D eigenvalue weighted by atomic mass is 16.5. The van der Waals surface area contributed by atoms with Crippen LogP contribution in [-0.4, -0.2) is 19.8 Å². The highest BCUT2D eigenvalue weighted by Crippen LogP contribution is 2.05. The van der Waals surface area contributed by atoms with Crippen LogP contribution in [0.25, 0.3) is 0 Å². The molecule has 2 nitrogen and oxygen atoms in total. The van der Waals surface area contributed by atoms with Crippen molar-refractivity contribution in [2.45, 2.75) is 13.3 Å². The van der Waals surface area contributed by atoms with Crippen LogP contribution in [0, 0.1) is 0 Å².